The number of amides is 2. The molecule has 0 N–H and O–H groups in total. The van der Waals surface area contributed by atoms with Crippen LogP contribution < -0.4 is 0 Å². The molecule has 1 aliphatic heterocycles. The molecule has 84 valence electrons. The van der Waals surface area contributed by atoms with Crippen molar-refractivity contribution in [2.75, 3.05) is 0 Å². The van der Waals surface area contributed by atoms with Crippen LogP contribution in [0.5, 0.6) is 0 Å². The van der Waals surface area contributed by atoms with Gasteiger partial charge in [-0.3, -0.25) is 14.5 Å². The summed E-state index contributed by atoms with van der Waals surface area (Å²) in [6.07, 6.45) is 7.06. The van der Waals surface area contributed by atoms with Crippen LogP contribution in [0.3, 0.4) is 0 Å². The summed E-state index contributed by atoms with van der Waals surface area (Å²) in [5, 5.41) is 0. The molecule has 0 unspecified atom stereocenters. The third-order valence-corrected chi connectivity index (χ3v) is 3.11. The molecule has 0 aromatic carbocycles. The minimum absolute atomic E-state index is 0.00881. The van der Waals surface area contributed by atoms with Crippen LogP contribution in [0.25, 0.3) is 0 Å². The van der Waals surface area contributed by atoms with Gasteiger partial charge in [0.05, 0.1) is 6.04 Å². The molecule has 2 rings (SSSR count). The number of imide groups is 1. The van der Waals surface area contributed by atoms with E-state index >= 15 is 0 Å². The van der Waals surface area contributed by atoms with Crippen LogP contribution >= 0.6 is 0 Å². The van der Waals surface area contributed by atoms with Crippen LogP contribution in [0, 0.1) is 0 Å². The molecule has 1 heterocycles. The Morgan fingerprint density at radius 2 is 1.69 bits per heavy atom. The third-order valence-electron chi connectivity index (χ3n) is 3.11. The number of nitrogens with zero attached hydrogens (tertiary/aromatic N) is 2. The lowest BCUT2D eigenvalue weighted by Gasteiger charge is -2.31. The average Bonchev–Trinajstić information content (AvgIpc) is 2.61. The van der Waals surface area contributed by atoms with Gasteiger partial charge in [0.2, 0.25) is 6.08 Å². The first-order valence-corrected chi connectivity index (χ1v) is 5.34. The fourth-order valence-electron chi connectivity index (χ4n) is 2.29. The smallest absolute Gasteiger partial charge is 0.253 e. The van der Waals surface area contributed by atoms with E-state index in [1.807, 2.05) is 0 Å². The fraction of sp³-hybridized carbons (Fsp3) is 0.545. The minimum atomic E-state index is -0.229. The van der Waals surface area contributed by atoms with Gasteiger partial charge in [-0.2, -0.15) is 0 Å². The Morgan fingerprint density at radius 1 is 1.12 bits per heavy atom. The maximum absolute atomic E-state index is 11.4. The zero-order chi connectivity index (χ0) is 11.5. The van der Waals surface area contributed by atoms with Gasteiger partial charge in [-0.25, -0.2) is 9.79 Å². The van der Waals surface area contributed by atoms with Gasteiger partial charge in [-0.15, -0.1) is 0 Å². The molecular weight excluding hydrogens is 208 g/mol. The molecule has 0 aromatic heterocycles. The second kappa shape index (κ2) is 4.41. The van der Waals surface area contributed by atoms with E-state index in [4.69, 9.17) is 0 Å². The molecule has 1 fully saturated rings. The molecule has 0 atom stereocenters. The molecule has 1 saturated carbocycles. The van der Waals surface area contributed by atoms with Crippen molar-refractivity contribution in [1.29, 1.82) is 0 Å². The third kappa shape index (κ3) is 1.95. The molecule has 0 bridgehead atoms. The molecule has 2 amide bonds. The Morgan fingerprint density at radius 3 is 2.19 bits per heavy atom. The van der Waals surface area contributed by atoms with Gasteiger partial charge in [-0.05, 0) is 25.7 Å². The van der Waals surface area contributed by atoms with Crippen LogP contribution in [-0.4, -0.2) is 34.9 Å². The summed E-state index contributed by atoms with van der Waals surface area (Å²) in [4.78, 5) is 37.9. The summed E-state index contributed by atoms with van der Waals surface area (Å²) in [5.74, 6) is -0.459. The summed E-state index contributed by atoms with van der Waals surface area (Å²) in [7, 11) is 0. The van der Waals surface area contributed by atoms with Crippen molar-refractivity contribution in [3.63, 3.8) is 0 Å². The molecule has 2 aliphatic rings. The van der Waals surface area contributed by atoms with Crippen LogP contribution in [-0.2, 0) is 14.4 Å². The van der Waals surface area contributed by atoms with Crippen molar-refractivity contribution in [3.8, 4) is 0 Å². The van der Waals surface area contributed by atoms with Crippen molar-refractivity contribution in [2.24, 2.45) is 4.99 Å². The number of hydrogen-bond acceptors (Lipinski definition) is 4. The number of rotatable bonds is 2. The lowest BCUT2D eigenvalue weighted by atomic mass is 9.90. The van der Waals surface area contributed by atoms with E-state index in [1.54, 1.807) is 6.08 Å². The normalized spacial score (nSPS) is 29.4. The van der Waals surface area contributed by atoms with E-state index in [0.29, 0.717) is 0 Å². The first-order valence-electron chi connectivity index (χ1n) is 5.34. The molecule has 1 aliphatic carbocycles. The summed E-state index contributed by atoms with van der Waals surface area (Å²) in [6, 6.07) is -0.0254. The van der Waals surface area contributed by atoms with E-state index in [2.05, 4.69) is 4.99 Å². The van der Waals surface area contributed by atoms with E-state index < -0.39 is 0 Å². The average molecular weight is 220 g/mol. The van der Waals surface area contributed by atoms with Crippen molar-refractivity contribution < 1.29 is 14.4 Å². The number of hydrogen-bond donors (Lipinski definition) is 0. The van der Waals surface area contributed by atoms with E-state index in [0.717, 1.165) is 25.7 Å². The molecule has 16 heavy (non-hydrogen) atoms. The molecule has 0 saturated heterocycles. The van der Waals surface area contributed by atoms with Crippen LogP contribution in [0.2, 0.25) is 0 Å². The van der Waals surface area contributed by atoms with Gasteiger partial charge >= 0.3 is 0 Å². The second-order valence-corrected chi connectivity index (χ2v) is 4.06. The van der Waals surface area contributed by atoms with Gasteiger partial charge in [0, 0.05) is 18.2 Å². The van der Waals surface area contributed by atoms with E-state index in [9.17, 15) is 14.4 Å². The Labute approximate surface area is 92.8 Å². The molecular formula is C11H12N2O3. The van der Waals surface area contributed by atoms with Gasteiger partial charge < -0.3 is 0 Å². The topological polar surface area (TPSA) is 66.8 Å². The van der Waals surface area contributed by atoms with Gasteiger partial charge in [-0.1, -0.05) is 0 Å². The number of carbonyl (C=O) groups is 2. The highest BCUT2D eigenvalue weighted by molar-refractivity contribution is 6.13. The summed E-state index contributed by atoms with van der Waals surface area (Å²) in [5.41, 5.74) is 0. The predicted octanol–water partition coefficient (Wildman–Crippen LogP) is 0.558. The van der Waals surface area contributed by atoms with Crippen LogP contribution in [0.4, 0.5) is 0 Å². The van der Waals surface area contributed by atoms with Crippen molar-refractivity contribution >= 4 is 17.9 Å². The number of carbonyl (C=O) groups excluding carboxylic acids is 3. The van der Waals surface area contributed by atoms with Gasteiger partial charge in [0.25, 0.3) is 11.8 Å². The highest BCUT2D eigenvalue weighted by atomic mass is 16.2. The predicted molar refractivity (Wildman–Crippen MR) is 55.2 cm³/mol. The monoisotopic (exact) mass is 220 g/mol. The zero-order valence-electron chi connectivity index (χ0n) is 8.76. The quantitative estimate of drug-likeness (QED) is 0.388. The first-order chi connectivity index (χ1) is 7.72. The summed E-state index contributed by atoms with van der Waals surface area (Å²) in [6.45, 7) is 0. The largest absolute Gasteiger partial charge is 0.272 e. The number of isocyanates is 1. The van der Waals surface area contributed by atoms with Crippen molar-refractivity contribution in [1.82, 2.24) is 4.90 Å². The lowest BCUT2D eigenvalue weighted by molar-refractivity contribution is -0.140. The molecule has 5 nitrogen and oxygen atoms in total. The maximum atomic E-state index is 11.4. The molecule has 0 radical (unpaired) electrons. The highest BCUT2D eigenvalue weighted by Gasteiger charge is 2.33. The Hall–Kier alpha value is -1.74. The minimum Gasteiger partial charge on any atom is -0.272 e. The van der Waals surface area contributed by atoms with E-state index in [-0.39, 0.29) is 23.9 Å². The van der Waals surface area contributed by atoms with E-state index in [1.165, 1.54) is 17.1 Å². The lowest BCUT2D eigenvalue weighted by Crippen LogP contribution is -2.42. The second-order valence-electron chi connectivity index (χ2n) is 4.06. The summed E-state index contributed by atoms with van der Waals surface area (Å²) < 4.78 is 0. The Bertz CT molecular complexity index is 370. The highest BCUT2D eigenvalue weighted by Crippen LogP contribution is 2.26. The summed E-state index contributed by atoms with van der Waals surface area (Å²) >= 11 is 0. The first kappa shape index (κ1) is 10.8. The Balaban J connectivity index is 1.97. The van der Waals surface area contributed by atoms with Gasteiger partial charge in [0.1, 0.15) is 0 Å². The van der Waals surface area contributed by atoms with Crippen LogP contribution in [0.15, 0.2) is 17.1 Å². The van der Waals surface area contributed by atoms with Gasteiger partial charge in [0.15, 0.2) is 0 Å². The maximum Gasteiger partial charge on any atom is 0.253 e. The SMILES string of the molecule is O=C=NC1CCC(N2C(=O)C=CC2=O)CC1. The molecule has 5 heteroatoms. The molecule has 0 spiro atoms. The van der Waals surface area contributed by atoms with Crippen molar-refractivity contribution in [2.45, 2.75) is 37.8 Å². The fourth-order valence-corrected chi connectivity index (χ4v) is 2.29. The standard InChI is InChI=1S/C11H12N2O3/c14-7-12-8-1-3-9(4-2-8)13-10(15)5-6-11(13)16/h5-6,8-9H,1-4H2. The van der Waals surface area contributed by atoms with Crippen molar-refractivity contribution in [3.05, 3.63) is 12.2 Å². The van der Waals surface area contributed by atoms with Crippen LogP contribution in [0.1, 0.15) is 25.7 Å². The Kier molecular flexibility index (Phi) is 2.97. The zero-order valence-corrected chi connectivity index (χ0v) is 8.76. The molecule has 0 aromatic rings. The number of aliphatic imine (C=N–C) groups is 1.